The van der Waals surface area contributed by atoms with Gasteiger partial charge in [0.05, 0.1) is 12.3 Å². The summed E-state index contributed by atoms with van der Waals surface area (Å²) in [6.45, 7) is 2.85. The van der Waals surface area contributed by atoms with E-state index in [0.29, 0.717) is 25.1 Å². The molecule has 21 heavy (non-hydrogen) atoms. The molecule has 0 spiro atoms. The van der Waals surface area contributed by atoms with Crippen LogP contribution in [0.5, 0.6) is 0 Å². The molecule has 6 heteroatoms. The molecular formula is C15H16F2N2O2. The summed E-state index contributed by atoms with van der Waals surface area (Å²) >= 11 is 0. The molecule has 0 radical (unpaired) electrons. The molecule has 0 amide bonds. The van der Waals surface area contributed by atoms with Crippen LogP contribution in [0.2, 0.25) is 0 Å². The maximum atomic E-state index is 13.4. The molecule has 1 aliphatic rings. The van der Waals surface area contributed by atoms with E-state index in [4.69, 9.17) is 4.52 Å². The summed E-state index contributed by atoms with van der Waals surface area (Å²) in [5.41, 5.74) is 1.59. The predicted molar refractivity (Wildman–Crippen MR) is 71.4 cm³/mol. The number of aliphatic hydroxyl groups is 1. The van der Waals surface area contributed by atoms with Crippen LogP contribution in [0.1, 0.15) is 29.3 Å². The lowest BCUT2D eigenvalue weighted by atomic mass is 10.0. The van der Waals surface area contributed by atoms with Crippen LogP contribution in [0.15, 0.2) is 28.9 Å². The van der Waals surface area contributed by atoms with Gasteiger partial charge in [0.1, 0.15) is 5.76 Å². The third kappa shape index (κ3) is 2.82. The molecule has 1 fully saturated rings. The third-order valence-corrected chi connectivity index (χ3v) is 3.93. The van der Waals surface area contributed by atoms with Crippen LogP contribution >= 0.6 is 0 Å². The number of likely N-dealkylation sites (tertiary alicyclic amines) is 1. The summed E-state index contributed by atoms with van der Waals surface area (Å²) in [7, 11) is 0. The van der Waals surface area contributed by atoms with E-state index in [0.717, 1.165) is 17.4 Å². The van der Waals surface area contributed by atoms with Gasteiger partial charge in [0.25, 0.3) is 0 Å². The van der Waals surface area contributed by atoms with Crippen molar-refractivity contribution in [3.05, 3.63) is 52.9 Å². The van der Waals surface area contributed by atoms with E-state index in [1.165, 1.54) is 6.07 Å². The number of aromatic nitrogens is 1. The highest BCUT2D eigenvalue weighted by molar-refractivity contribution is 5.23. The van der Waals surface area contributed by atoms with Gasteiger partial charge in [0.15, 0.2) is 11.6 Å². The fraction of sp³-hybridized carbons (Fsp3) is 0.400. The van der Waals surface area contributed by atoms with Crippen molar-refractivity contribution in [2.24, 2.45) is 0 Å². The van der Waals surface area contributed by atoms with Crippen molar-refractivity contribution in [1.29, 1.82) is 0 Å². The number of rotatable bonds is 3. The average molecular weight is 294 g/mol. The first-order valence-electron chi connectivity index (χ1n) is 6.82. The van der Waals surface area contributed by atoms with Gasteiger partial charge in [-0.2, -0.15) is 0 Å². The Labute approximate surface area is 121 Å². The molecule has 2 unspecified atom stereocenters. The molecule has 1 saturated heterocycles. The Kier molecular flexibility index (Phi) is 3.73. The Morgan fingerprint density at radius 2 is 2.19 bits per heavy atom. The monoisotopic (exact) mass is 294 g/mol. The number of halogens is 2. The highest BCUT2D eigenvalue weighted by Crippen LogP contribution is 2.34. The van der Waals surface area contributed by atoms with Crippen molar-refractivity contribution in [2.75, 3.05) is 6.54 Å². The number of β-amino-alcohol motifs (C(OH)–C–C–N with tert-alkyl or cyclic N) is 1. The molecule has 1 N–H and O–H groups in total. The lowest BCUT2D eigenvalue weighted by Crippen LogP contribution is -2.24. The normalized spacial score (nSPS) is 22.9. The van der Waals surface area contributed by atoms with E-state index in [-0.39, 0.29) is 6.04 Å². The molecule has 0 aliphatic carbocycles. The van der Waals surface area contributed by atoms with E-state index in [1.54, 1.807) is 12.3 Å². The second kappa shape index (κ2) is 5.54. The van der Waals surface area contributed by atoms with E-state index in [9.17, 15) is 13.9 Å². The van der Waals surface area contributed by atoms with Crippen molar-refractivity contribution >= 4 is 0 Å². The van der Waals surface area contributed by atoms with Crippen LogP contribution in [-0.4, -0.2) is 27.8 Å². The smallest absolute Gasteiger partial charge is 0.159 e. The number of hydrogen-bond donors (Lipinski definition) is 1. The SMILES string of the molecule is Cc1oncc1CN1CC(O)CC1c1ccc(F)c(F)c1. The Hall–Kier alpha value is -1.79. The first kappa shape index (κ1) is 14.2. The average Bonchev–Trinajstić information content (AvgIpc) is 3.00. The highest BCUT2D eigenvalue weighted by Gasteiger charge is 2.33. The zero-order chi connectivity index (χ0) is 15.0. The molecule has 2 atom stereocenters. The van der Waals surface area contributed by atoms with Crippen LogP contribution in [0.3, 0.4) is 0 Å². The maximum Gasteiger partial charge on any atom is 0.159 e. The van der Waals surface area contributed by atoms with E-state index in [2.05, 4.69) is 5.16 Å². The molecule has 112 valence electrons. The summed E-state index contributed by atoms with van der Waals surface area (Å²) in [4.78, 5) is 2.02. The third-order valence-electron chi connectivity index (χ3n) is 3.93. The van der Waals surface area contributed by atoms with Gasteiger partial charge < -0.3 is 9.63 Å². The predicted octanol–water partition coefficient (Wildman–Crippen LogP) is 2.57. The van der Waals surface area contributed by atoms with Crippen LogP contribution in [0.25, 0.3) is 0 Å². The zero-order valence-electron chi connectivity index (χ0n) is 11.6. The molecule has 4 nitrogen and oxygen atoms in total. The van der Waals surface area contributed by atoms with Gasteiger partial charge in [-0.25, -0.2) is 8.78 Å². The summed E-state index contributed by atoms with van der Waals surface area (Å²) in [6, 6.07) is 3.74. The molecule has 0 saturated carbocycles. The Morgan fingerprint density at radius 1 is 1.38 bits per heavy atom. The molecular weight excluding hydrogens is 278 g/mol. The number of aliphatic hydroxyl groups excluding tert-OH is 1. The van der Waals surface area contributed by atoms with Crippen molar-refractivity contribution in [3.63, 3.8) is 0 Å². The lowest BCUT2D eigenvalue weighted by molar-refractivity contribution is 0.172. The molecule has 1 aliphatic heterocycles. The van der Waals surface area contributed by atoms with Gasteiger partial charge in [-0.1, -0.05) is 11.2 Å². The first-order valence-corrected chi connectivity index (χ1v) is 6.82. The van der Waals surface area contributed by atoms with E-state index >= 15 is 0 Å². The second-order valence-corrected chi connectivity index (χ2v) is 5.42. The van der Waals surface area contributed by atoms with Crippen molar-refractivity contribution in [2.45, 2.75) is 32.0 Å². The van der Waals surface area contributed by atoms with Crippen molar-refractivity contribution < 1.29 is 18.4 Å². The minimum atomic E-state index is -0.866. The van der Waals surface area contributed by atoms with E-state index in [1.807, 2.05) is 11.8 Å². The lowest BCUT2D eigenvalue weighted by Gasteiger charge is -2.24. The van der Waals surface area contributed by atoms with Crippen LogP contribution < -0.4 is 0 Å². The van der Waals surface area contributed by atoms with Crippen molar-refractivity contribution in [3.8, 4) is 0 Å². The zero-order valence-corrected chi connectivity index (χ0v) is 11.6. The van der Waals surface area contributed by atoms with Gasteiger partial charge >= 0.3 is 0 Å². The molecule has 2 heterocycles. The van der Waals surface area contributed by atoms with Gasteiger partial charge in [-0.15, -0.1) is 0 Å². The minimum Gasteiger partial charge on any atom is -0.392 e. The molecule has 2 aromatic rings. The Balaban J connectivity index is 1.85. The molecule has 1 aromatic carbocycles. The Morgan fingerprint density at radius 3 is 2.86 bits per heavy atom. The van der Waals surface area contributed by atoms with Gasteiger partial charge in [0.2, 0.25) is 0 Å². The molecule has 1 aromatic heterocycles. The minimum absolute atomic E-state index is 0.149. The van der Waals surface area contributed by atoms with Crippen molar-refractivity contribution in [1.82, 2.24) is 10.1 Å². The quantitative estimate of drug-likeness (QED) is 0.945. The standard InChI is InChI=1S/C15H16F2N2O2/c1-9-11(6-18-21-9)7-19-8-12(20)5-15(19)10-2-3-13(16)14(17)4-10/h2-4,6,12,15,20H,5,7-8H2,1H3. The summed E-state index contributed by atoms with van der Waals surface area (Å²) in [5, 5.41) is 13.6. The van der Waals surface area contributed by atoms with Crippen LogP contribution in [0, 0.1) is 18.6 Å². The topological polar surface area (TPSA) is 49.5 Å². The van der Waals surface area contributed by atoms with Gasteiger partial charge in [-0.3, -0.25) is 4.90 Å². The fourth-order valence-electron chi connectivity index (χ4n) is 2.81. The maximum absolute atomic E-state index is 13.4. The van der Waals surface area contributed by atoms with Gasteiger partial charge in [-0.05, 0) is 31.0 Å². The summed E-state index contributed by atoms with van der Waals surface area (Å²) < 4.78 is 31.5. The number of benzene rings is 1. The van der Waals surface area contributed by atoms with Crippen LogP contribution in [0.4, 0.5) is 8.78 Å². The summed E-state index contributed by atoms with van der Waals surface area (Å²) in [6.07, 6.45) is 1.65. The molecule has 0 bridgehead atoms. The summed E-state index contributed by atoms with van der Waals surface area (Å²) in [5.74, 6) is -1.01. The van der Waals surface area contributed by atoms with Gasteiger partial charge in [0, 0.05) is 24.7 Å². The largest absolute Gasteiger partial charge is 0.392 e. The number of aryl methyl sites for hydroxylation is 1. The van der Waals surface area contributed by atoms with E-state index < -0.39 is 17.7 Å². The number of hydrogen-bond acceptors (Lipinski definition) is 4. The number of nitrogens with zero attached hydrogens (tertiary/aromatic N) is 2. The fourth-order valence-corrected chi connectivity index (χ4v) is 2.81. The second-order valence-electron chi connectivity index (χ2n) is 5.42. The van der Waals surface area contributed by atoms with Crippen LogP contribution in [-0.2, 0) is 6.54 Å². The highest BCUT2D eigenvalue weighted by atomic mass is 19.2. The molecule has 3 rings (SSSR count). The first-order chi connectivity index (χ1) is 10.0. The Bertz CT molecular complexity index is 644.